The molecule has 6 nitrogen and oxygen atoms in total. The highest BCUT2D eigenvalue weighted by Crippen LogP contribution is 2.25. The predicted molar refractivity (Wildman–Crippen MR) is 90.6 cm³/mol. The van der Waals surface area contributed by atoms with Crippen LogP contribution in [0.25, 0.3) is 5.65 Å². The molecule has 0 radical (unpaired) electrons. The number of carbonyl (C=O) groups excluding carboxylic acids is 1. The molecule has 27 heavy (non-hydrogen) atoms. The fourth-order valence-electron chi connectivity index (χ4n) is 2.43. The Morgan fingerprint density at radius 2 is 2.11 bits per heavy atom. The van der Waals surface area contributed by atoms with Gasteiger partial charge in [-0.05, 0) is 37.3 Å². The first kappa shape index (κ1) is 18.3. The molecule has 0 bridgehead atoms. The summed E-state index contributed by atoms with van der Waals surface area (Å²) in [4.78, 5) is 16.6. The van der Waals surface area contributed by atoms with Crippen LogP contribution in [-0.4, -0.2) is 28.1 Å². The van der Waals surface area contributed by atoms with Gasteiger partial charge in [0.15, 0.2) is 6.61 Å². The van der Waals surface area contributed by atoms with Crippen molar-refractivity contribution in [2.24, 2.45) is 0 Å². The third kappa shape index (κ3) is 4.17. The minimum absolute atomic E-state index is 0.122. The van der Waals surface area contributed by atoms with Crippen LogP contribution in [0, 0.1) is 18.3 Å². The number of aryl methyl sites for hydroxylation is 1. The van der Waals surface area contributed by atoms with Crippen molar-refractivity contribution in [3.8, 4) is 11.8 Å². The van der Waals surface area contributed by atoms with Crippen LogP contribution in [0.15, 0.2) is 42.6 Å². The standard InChI is InChI=1S/C18H13F3N4O2/c1-11-3-2-4-16-24-14(9-25(11)16)17(26)23-13-5-6-15(12(7-13)8-22)27-10-18(19,20)21/h2-7,9H,10H2,1H3,(H,23,26). The maximum Gasteiger partial charge on any atom is 0.422 e. The predicted octanol–water partition coefficient (Wildman–Crippen LogP) is 3.71. The average Bonchev–Trinajstić information content (AvgIpc) is 3.05. The maximum atomic E-state index is 12.4. The minimum atomic E-state index is -4.51. The van der Waals surface area contributed by atoms with Gasteiger partial charge in [-0.15, -0.1) is 0 Å². The molecule has 1 amide bonds. The van der Waals surface area contributed by atoms with Gasteiger partial charge in [0.05, 0.1) is 5.56 Å². The molecule has 0 saturated carbocycles. The van der Waals surface area contributed by atoms with Gasteiger partial charge in [0.25, 0.3) is 5.91 Å². The lowest BCUT2D eigenvalue weighted by Crippen LogP contribution is -2.19. The van der Waals surface area contributed by atoms with Crippen LogP contribution >= 0.6 is 0 Å². The Morgan fingerprint density at radius 1 is 1.33 bits per heavy atom. The van der Waals surface area contributed by atoms with E-state index >= 15 is 0 Å². The van der Waals surface area contributed by atoms with Gasteiger partial charge < -0.3 is 14.5 Å². The van der Waals surface area contributed by atoms with Gasteiger partial charge in [0, 0.05) is 17.6 Å². The van der Waals surface area contributed by atoms with Crippen molar-refractivity contribution in [2.45, 2.75) is 13.1 Å². The van der Waals surface area contributed by atoms with E-state index in [0.717, 1.165) is 5.69 Å². The highest BCUT2D eigenvalue weighted by Gasteiger charge is 2.29. The second kappa shape index (κ2) is 6.99. The van der Waals surface area contributed by atoms with E-state index in [1.54, 1.807) is 22.7 Å². The van der Waals surface area contributed by atoms with Gasteiger partial charge in [-0.1, -0.05) is 6.07 Å². The van der Waals surface area contributed by atoms with Gasteiger partial charge >= 0.3 is 6.18 Å². The Bertz CT molecular complexity index is 1050. The quantitative estimate of drug-likeness (QED) is 0.755. The molecule has 2 heterocycles. The highest BCUT2D eigenvalue weighted by molar-refractivity contribution is 6.03. The number of pyridine rings is 1. The molecule has 0 spiro atoms. The number of hydrogen-bond acceptors (Lipinski definition) is 4. The molecule has 0 aliphatic rings. The maximum absolute atomic E-state index is 12.4. The van der Waals surface area contributed by atoms with Crippen molar-refractivity contribution in [2.75, 3.05) is 11.9 Å². The lowest BCUT2D eigenvalue weighted by Gasteiger charge is -2.11. The minimum Gasteiger partial charge on any atom is -0.483 e. The van der Waals surface area contributed by atoms with E-state index < -0.39 is 18.7 Å². The lowest BCUT2D eigenvalue weighted by atomic mass is 10.2. The SMILES string of the molecule is Cc1cccc2nc(C(=O)Nc3ccc(OCC(F)(F)F)c(C#N)c3)cn12. The molecule has 0 atom stereocenters. The summed E-state index contributed by atoms with van der Waals surface area (Å²) in [6.07, 6.45) is -2.94. The summed E-state index contributed by atoms with van der Waals surface area (Å²) in [7, 11) is 0. The second-order valence-electron chi connectivity index (χ2n) is 5.70. The van der Waals surface area contributed by atoms with Crippen molar-refractivity contribution >= 4 is 17.2 Å². The zero-order valence-corrected chi connectivity index (χ0v) is 14.0. The summed E-state index contributed by atoms with van der Waals surface area (Å²) < 4.78 is 43.1. The normalized spacial score (nSPS) is 11.2. The number of nitrogens with zero attached hydrogens (tertiary/aromatic N) is 3. The average molecular weight is 374 g/mol. The molecule has 0 aliphatic carbocycles. The molecule has 1 aromatic carbocycles. The van der Waals surface area contributed by atoms with E-state index in [1.165, 1.54) is 18.2 Å². The first-order valence-electron chi connectivity index (χ1n) is 7.76. The fraction of sp³-hybridized carbons (Fsp3) is 0.167. The van der Waals surface area contributed by atoms with Crippen molar-refractivity contribution in [1.82, 2.24) is 9.38 Å². The number of rotatable bonds is 4. The third-order valence-corrected chi connectivity index (χ3v) is 3.68. The van der Waals surface area contributed by atoms with E-state index in [4.69, 9.17) is 5.26 Å². The number of halogens is 3. The molecule has 0 saturated heterocycles. The number of nitrogens with one attached hydrogen (secondary N) is 1. The molecule has 9 heteroatoms. The van der Waals surface area contributed by atoms with Crippen molar-refractivity contribution < 1.29 is 22.7 Å². The molecule has 1 N–H and O–H groups in total. The number of alkyl halides is 3. The summed E-state index contributed by atoms with van der Waals surface area (Å²) >= 11 is 0. The lowest BCUT2D eigenvalue weighted by molar-refractivity contribution is -0.153. The van der Waals surface area contributed by atoms with E-state index in [-0.39, 0.29) is 22.7 Å². The van der Waals surface area contributed by atoms with Crippen LogP contribution in [0.4, 0.5) is 18.9 Å². The third-order valence-electron chi connectivity index (χ3n) is 3.68. The Kier molecular flexibility index (Phi) is 4.73. The Labute approximate surface area is 151 Å². The molecule has 3 aromatic rings. The molecule has 0 aliphatic heterocycles. The first-order chi connectivity index (χ1) is 12.8. The molecule has 3 rings (SSSR count). The number of nitriles is 1. The zero-order valence-electron chi connectivity index (χ0n) is 14.0. The van der Waals surface area contributed by atoms with Crippen molar-refractivity contribution in [3.05, 3.63) is 59.5 Å². The number of aromatic nitrogens is 2. The summed E-state index contributed by atoms with van der Waals surface area (Å²) in [5.74, 6) is -0.720. The van der Waals surface area contributed by atoms with Crippen LogP contribution in [0.3, 0.4) is 0 Å². The Morgan fingerprint density at radius 3 is 2.78 bits per heavy atom. The molecule has 0 unspecified atom stereocenters. The molecule has 0 fully saturated rings. The van der Waals surface area contributed by atoms with Gasteiger partial charge in [0.1, 0.15) is 23.2 Å². The molecular formula is C18H13F3N4O2. The number of carbonyl (C=O) groups is 1. The number of anilines is 1. The number of benzene rings is 1. The van der Waals surface area contributed by atoms with Gasteiger partial charge in [-0.3, -0.25) is 4.79 Å². The van der Waals surface area contributed by atoms with Crippen LogP contribution in [0.1, 0.15) is 21.7 Å². The van der Waals surface area contributed by atoms with E-state index in [1.807, 2.05) is 19.1 Å². The van der Waals surface area contributed by atoms with Gasteiger partial charge in [-0.25, -0.2) is 4.98 Å². The van der Waals surface area contributed by atoms with Crippen LogP contribution in [0.2, 0.25) is 0 Å². The van der Waals surface area contributed by atoms with Crippen LogP contribution in [-0.2, 0) is 0 Å². The number of amides is 1. The largest absolute Gasteiger partial charge is 0.483 e. The van der Waals surface area contributed by atoms with E-state index in [0.29, 0.717) is 5.65 Å². The molecular weight excluding hydrogens is 361 g/mol. The topological polar surface area (TPSA) is 79.4 Å². The highest BCUT2D eigenvalue weighted by atomic mass is 19.4. The van der Waals surface area contributed by atoms with Crippen molar-refractivity contribution in [1.29, 1.82) is 5.26 Å². The number of ether oxygens (including phenoxy) is 1. The first-order valence-corrected chi connectivity index (χ1v) is 7.76. The monoisotopic (exact) mass is 374 g/mol. The summed E-state index contributed by atoms with van der Waals surface area (Å²) in [6.45, 7) is 0.364. The number of hydrogen-bond donors (Lipinski definition) is 1. The fourth-order valence-corrected chi connectivity index (χ4v) is 2.43. The van der Waals surface area contributed by atoms with Crippen molar-refractivity contribution in [3.63, 3.8) is 0 Å². The van der Waals surface area contributed by atoms with Gasteiger partial charge in [0.2, 0.25) is 0 Å². The Balaban J connectivity index is 1.79. The molecule has 138 valence electrons. The Hall–Kier alpha value is -3.54. The van der Waals surface area contributed by atoms with Crippen LogP contribution < -0.4 is 10.1 Å². The van der Waals surface area contributed by atoms with Gasteiger partial charge in [-0.2, -0.15) is 18.4 Å². The number of fused-ring (bicyclic) bond motifs is 1. The number of imidazole rings is 1. The second-order valence-corrected chi connectivity index (χ2v) is 5.70. The zero-order chi connectivity index (χ0) is 19.6. The summed E-state index contributed by atoms with van der Waals surface area (Å²) in [5, 5.41) is 11.7. The smallest absolute Gasteiger partial charge is 0.422 e. The summed E-state index contributed by atoms with van der Waals surface area (Å²) in [6, 6.07) is 11.0. The van der Waals surface area contributed by atoms with E-state index in [9.17, 15) is 18.0 Å². The van der Waals surface area contributed by atoms with Crippen LogP contribution in [0.5, 0.6) is 5.75 Å². The summed E-state index contributed by atoms with van der Waals surface area (Å²) in [5.41, 5.74) is 1.79. The van der Waals surface area contributed by atoms with E-state index in [2.05, 4.69) is 15.0 Å². The molecule has 2 aromatic heterocycles.